The Kier molecular flexibility index (Phi) is 5.95. The number of hydrogen-bond donors (Lipinski definition) is 2. The maximum Gasteiger partial charge on any atom is 0.117 e. The largest absolute Gasteiger partial charge is 0.464 e. The van der Waals surface area contributed by atoms with Gasteiger partial charge in [0.1, 0.15) is 11.5 Å². The molecule has 0 bridgehead atoms. The molecule has 1 aromatic heterocycles. The van der Waals surface area contributed by atoms with E-state index in [1.165, 1.54) is 0 Å². The van der Waals surface area contributed by atoms with Crippen LogP contribution in [0.2, 0.25) is 0 Å². The molecule has 16 heavy (non-hydrogen) atoms. The van der Waals surface area contributed by atoms with Gasteiger partial charge in [-0.2, -0.15) is 0 Å². The first kappa shape index (κ1) is 13.6. The minimum atomic E-state index is -0.277. The molecule has 0 radical (unpaired) electrons. The second-order valence-corrected chi connectivity index (χ2v) is 5.27. The van der Waals surface area contributed by atoms with E-state index in [1.807, 2.05) is 26.0 Å². The van der Waals surface area contributed by atoms with Crippen molar-refractivity contribution in [3.8, 4) is 0 Å². The first-order valence-electron chi connectivity index (χ1n) is 5.71. The highest BCUT2D eigenvalue weighted by molar-refractivity contribution is 7.99. The molecule has 2 unspecified atom stereocenters. The van der Waals surface area contributed by atoms with Crippen molar-refractivity contribution in [3.05, 3.63) is 23.7 Å². The molecule has 0 saturated heterocycles. The van der Waals surface area contributed by atoms with Gasteiger partial charge < -0.3 is 14.8 Å². The molecule has 2 atom stereocenters. The lowest BCUT2D eigenvalue weighted by atomic mass is 10.3. The van der Waals surface area contributed by atoms with Gasteiger partial charge >= 0.3 is 0 Å². The Morgan fingerprint density at radius 1 is 1.38 bits per heavy atom. The molecule has 1 aromatic rings. The van der Waals surface area contributed by atoms with Crippen LogP contribution < -0.4 is 5.32 Å². The van der Waals surface area contributed by atoms with Crippen LogP contribution in [0.3, 0.4) is 0 Å². The van der Waals surface area contributed by atoms with Gasteiger partial charge in [-0.1, -0.05) is 13.8 Å². The summed E-state index contributed by atoms with van der Waals surface area (Å²) in [5.41, 5.74) is 0. The van der Waals surface area contributed by atoms with Crippen LogP contribution in [-0.4, -0.2) is 23.0 Å². The van der Waals surface area contributed by atoms with Crippen LogP contribution in [-0.2, 0) is 12.3 Å². The average molecular weight is 243 g/mol. The van der Waals surface area contributed by atoms with Crippen LogP contribution >= 0.6 is 11.8 Å². The summed E-state index contributed by atoms with van der Waals surface area (Å²) < 4.78 is 5.65. The molecule has 0 spiro atoms. The van der Waals surface area contributed by atoms with Gasteiger partial charge in [0, 0.05) is 5.25 Å². The van der Waals surface area contributed by atoms with E-state index < -0.39 is 0 Å². The summed E-state index contributed by atoms with van der Waals surface area (Å²) in [6.07, 6.45) is -0.277. The van der Waals surface area contributed by atoms with Gasteiger partial charge in [0.05, 0.1) is 18.4 Å². The highest BCUT2D eigenvalue weighted by Crippen LogP contribution is 2.21. The van der Waals surface area contributed by atoms with Gasteiger partial charge in [-0.3, -0.25) is 0 Å². The molecule has 0 aromatic carbocycles. The van der Waals surface area contributed by atoms with E-state index in [0.29, 0.717) is 0 Å². The van der Waals surface area contributed by atoms with Gasteiger partial charge in [-0.25, -0.2) is 0 Å². The van der Waals surface area contributed by atoms with Crippen molar-refractivity contribution in [1.29, 1.82) is 0 Å². The highest BCUT2D eigenvalue weighted by Gasteiger charge is 2.10. The number of aliphatic hydroxyl groups is 1. The van der Waals surface area contributed by atoms with Crippen molar-refractivity contribution in [2.75, 3.05) is 6.54 Å². The SMILES string of the molecule is CCNCc1ccc(CSC(C)C(C)O)o1. The van der Waals surface area contributed by atoms with Gasteiger partial charge in [-0.05, 0) is 25.6 Å². The third-order valence-corrected chi connectivity index (χ3v) is 3.81. The maximum absolute atomic E-state index is 9.36. The van der Waals surface area contributed by atoms with E-state index in [-0.39, 0.29) is 11.4 Å². The Labute approximate surface area is 102 Å². The summed E-state index contributed by atoms with van der Waals surface area (Å²) in [5.74, 6) is 2.77. The standard InChI is InChI=1S/C12H21NO2S/c1-4-13-7-11-5-6-12(15-11)8-16-10(3)9(2)14/h5-6,9-10,13-14H,4,7-8H2,1-3H3. The Bertz CT molecular complexity index is 299. The predicted molar refractivity (Wildman–Crippen MR) is 68.5 cm³/mol. The minimum absolute atomic E-state index is 0.238. The molecular weight excluding hydrogens is 222 g/mol. The molecule has 3 nitrogen and oxygen atoms in total. The summed E-state index contributed by atoms with van der Waals surface area (Å²) in [6, 6.07) is 4.01. The average Bonchev–Trinajstić information content (AvgIpc) is 2.70. The van der Waals surface area contributed by atoms with Crippen LogP contribution in [0, 0.1) is 0 Å². The summed E-state index contributed by atoms with van der Waals surface area (Å²) in [5, 5.41) is 12.8. The summed E-state index contributed by atoms with van der Waals surface area (Å²) in [6.45, 7) is 7.65. The molecule has 0 saturated carbocycles. The van der Waals surface area contributed by atoms with Crippen molar-refractivity contribution in [2.45, 2.75) is 44.4 Å². The van der Waals surface area contributed by atoms with E-state index in [2.05, 4.69) is 12.2 Å². The molecule has 0 aliphatic rings. The second-order valence-electron chi connectivity index (χ2n) is 3.91. The number of thioether (sulfide) groups is 1. The first-order valence-corrected chi connectivity index (χ1v) is 6.76. The van der Waals surface area contributed by atoms with Crippen LogP contribution in [0.1, 0.15) is 32.3 Å². The number of rotatable bonds is 7. The normalized spacial score (nSPS) is 15.0. The van der Waals surface area contributed by atoms with Crippen LogP contribution in [0.15, 0.2) is 16.5 Å². The Morgan fingerprint density at radius 2 is 2.06 bits per heavy atom. The lowest BCUT2D eigenvalue weighted by Crippen LogP contribution is -2.15. The van der Waals surface area contributed by atoms with E-state index in [9.17, 15) is 5.11 Å². The molecule has 0 amide bonds. The lowest BCUT2D eigenvalue weighted by Gasteiger charge is -2.12. The number of aliphatic hydroxyl groups excluding tert-OH is 1. The molecule has 2 N–H and O–H groups in total. The zero-order valence-corrected chi connectivity index (χ0v) is 11.0. The van der Waals surface area contributed by atoms with E-state index in [1.54, 1.807) is 11.8 Å². The van der Waals surface area contributed by atoms with E-state index in [0.717, 1.165) is 30.4 Å². The smallest absolute Gasteiger partial charge is 0.117 e. The molecule has 0 aliphatic carbocycles. The molecule has 1 rings (SSSR count). The third kappa shape index (κ3) is 4.60. The molecule has 0 aliphatic heterocycles. The van der Waals surface area contributed by atoms with Crippen molar-refractivity contribution < 1.29 is 9.52 Å². The molecule has 1 heterocycles. The van der Waals surface area contributed by atoms with Gasteiger partial charge in [0.15, 0.2) is 0 Å². The number of nitrogens with one attached hydrogen (secondary N) is 1. The minimum Gasteiger partial charge on any atom is -0.464 e. The van der Waals surface area contributed by atoms with Crippen molar-refractivity contribution in [3.63, 3.8) is 0 Å². The van der Waals surface area contributed by atoms with Crippen LogP contribution in [0.5, 0.6) is 0 Å². The van der Waals surface area contributed by atoms with Gasteiger partial charge in [0.25, 0.3) is 0 Å². The monoisotopic (exact) mass is 243 g/mol. The van der Waals surface area contributed by atoms with Crippen LogP contribution in [0.4, 0.5) is 0 Å². The fraction of sp³-hybridized carbons (Fsp3) is 0.667. The Balaban J connectivity index is 2.34. The molecular formula is C12H21NO2S. The van der Waals surface area contributed by atoms with Crippen molar-refractivity contribution >= 4 is 11.8 Å². The zero-order chi connectivity index (χ0) is 12.0. The van der Waals surface area contributed by atoms with Crippen molar-refractivity contribution in [1.82, 2.24) is 5.32 Å². The quantitative estimate of drug-likeness (QED) is 0.772. The van der Waals surface area contributed by atoms with E-state index >= 15 is 0 Å². The summed E-state index contributed by atoms with van der Waals surface area (Å²) >= 11 is 1.71. The fourth-order valence-electron chi connectivity index (χ4n) is 1.20. The summed E-state index contributed by atoms with van der Waals surface area (Å²) in [4.78, 5) is 0. The lowest BCUT2D eigenvalue weighted by molar-refractivity contribution is 0.196. The fourth-order valence-corrected chi connectivity index (χ4v) is 2.06. The second kappa shape index (κ2) is 6.99. The molecule has 92 valence electrons. The topological polar surface area (TPSA) is 45.4 Å². The Hall–Kier alpha value is -0.450. The van der Waals surface area contributed by atoms with Crippen LogP contribution in [0.25, 0.3) is 0 Å². The van der Waals surface area contributed by atoms with Gasteiger partial charge in [-0.15, -0.1) is 11.8 Å². The van der Waals surface area contributed by atoms with Gasteiger partial charge in [0.2, 0.25) is 0 Å². The summed E-state index contributed by atoms with van der Waals surface area (Å²) in [7, 11) is 0. The number of hydrogen-bond acceptors (Lipinski definition) is 4. The zero-order valence-electron chi connectivity index (χ0n) is 10.2. The van der Waals surface area contributed by atoms with Crippen molar-refractivity contribution in [2.24, 2.45) is 0 Å². The molecule has 4 heteroatoms. The van der Waals surface area contributed by atoms with E-state index in [4.69, 9.17) is 4.42 Å². The molecule has 0 fully saturated rings. The Morgan fingerprint density at radius 3 is 2.69 bits per heavy atom. The predicted octanol–water partition coefficient (Wildman–Crippen LogP) is 2.39. The maximum atomic E-state index is 9.36. The number of furan rings is 1. The third-order valence-electron chi connectivity index (χ3n) is 2.43. The highest BCUT2D eigenvalue weighted by atomic mass is 32.2. The first-order chi connectivity index (χ1) is 7.63.